The Morgan fingerprint density at radius 2 is 1.97 bits per heavy atom. The average molecular weight is 392 g/mol. The van der Waals surface area contributed by atoms with Crippen molar-refractivity contribution in [1.82, 2.24) is 0 Å². The standard InChI is InChI=1S/C25H28O4/c1-15(2)5-7-19-21(26)9-6-16-13-17(14-28-24(16)19)18-8-10-22-20(23(18)27)11-12-25(3,4)29-22/h5-6,8-12,17,26-27H,7,13-14H2,1-4H3. The number of aromatic hydroxyl groups is 2. The zero-order chi connectivity index (χ0) is 20.8. The zero-order valence-electron chi connectivity index (χ0n) is 17.5. The Balaban J connectivity index is 1.65. The first-order chi connectivity index (χ1) is 13.7. The van der Waals surface area contributed by atoms with Crippen LogP contribution in [0.4, 0.5) is 0 Å². The second-order valence-corrected chi connectivity index (χ2v) is 8.70. The zero-order valence-corrected chi connectivity index (χ0v) is 17.5. The van der Waals surface area contributed by atoms with Gasteiger partial charge in [-0.25, -0.2) is 0 Å². The third-order valence-corrected chi connectivity index (χ3v) is 5.60. The number of benzene rings is 2. The lowest BCUT2D eigenvalue weighted by atomic mass is 9.86. The summed E-state index contributed by atoms with van der Waals surface area (Å²) in [5.41, 5.74) is 4.30. The van der Waals surface area contributed by atoms with Gasteiger partial charge in [-0.2, -0.15) is 0 Å². The molecule has 2 aliphatic heterocycles. The second-order valence-electron chi connectivity index (χ2n) is 8.70. The van der Waals surface area contributed by atoms with Gasteiger partial charge >= 0.3 is 0 Å². The van der Waals surface area contributed by atoms with Crippen LogP contribution in [0.15, 0.2) is 42.0 Å². The van der Waals surface area contributed by atoms with Gasteiger partial charge in [0.2, 0.25) is 0 Å². The highest BCUT2D eigenvalue weighted by Crippen LogP contribution is 2.44. The molecule has 4 rings (SSSR count). The molecule has 1 atom stereocenters. The first kappa shape index (κ1) is 19.4. The predicted octanol–water partition coefficient (Wildman–Crippen LogP) is 5.51. The number of phenols is 2. The molecule has 0 aliphatic carbocycles. The van der Waals surface area contributed by atoms with Gasteiger partial charge in [0, 0.05) is 17.0 Å². The molecule has 29 heavy (non-hydrogen) atoms. The minimum absolute atomic E-state index is 0.0389. The van der Waals surface area contributed by atoms with Crippen LogP contribution in [0.5, 0.6) is 23.0 Å². The molecule has 0 fully saturated rings. The largest absolute Gasteiger partial charge is 0.508 e. The summed E-state index contributed by atoms with van der Waals surface area (Å²) < 4.78 is 12.1. The Kier molecular flexibility index (Phi) is 4.81. The normalized spacial score (nSPS) is 18.8. The van der Waals surface area contributed by atoms with Gasteiger partial charge < -0.3 is 19.7 Å². The molecule has 2 aliphatic rings. The number of ether oxygens (including phenoxy) is 2. The predicted molar refractivity (Wildman–Crippen MR) is 115 cm³/mol. The molecule has 2 N–H and O–H groups in total. The lowest BCUT2D eigenvalue weighted by Crippen LogP contribution is -2.27. The van der Waals surface area contributed by atoms with Crippen LogP contribution in [0.1, 0.15) is 55.9 Å². The molecule has 0 saturated carbocycles. The fraction of sp³-hybridized carbons (Fsp3) is 0.360. The number of fused-ring (bicyclic) bond motifs is 2. The molecule has 0 saturated heterocycles. The third kappa shape index (κ3) is 3.71. The van der Waals surface area contributed by atoms with E-state index in [-0.39, 0.29) is 23.0 Å². The van der Waals surface area contributed by atoms with Crippen molar-refractivity contribution in [3.8, 4) is 23.0 Å². The van der Waals surface area contributed by atoms with Crippen LogP contribution in [0.3, 0.4) is 0 Å². The van der Waals surface area contributed by atoms with Gasteiger partial charge in [0.1, 0.15) is 28.6 Å². The Morgan fingerprint density at radius 3 is 2.72 bits per heavy atom. The van der Waals surface area contributed by atoms with E-state index in [1.807, 2.05) is 58.0 Å². The second kappa shape index (κ2) is 7.18. The maximum atomic E-state index is 10.9. The molecule has 0 radical (unpaired) electrons. The average Bonchev–Trinajstić information content (AvgIpc) is 2.66. The summed E-state index contributed by atoms with van der Waals surface area (Å²) in [6.07, 6.45) is 7.38. The monoisotopic (exact) mass is 392 g/mol. The van der Waals surface area contributed by atoms with Gasteiger partial charge in [-0.05, 0) is 70.4 Å². The maximum Gasteiger partial charge on any atom is 0.131 e. The van der Waals surface area contributed by atoms with Crippen molar-refractivity contribution in [2.75, 3.05) is 6.61 Å². The summed E-state index contributed by atoms with van der Waals surface area (Å²) in [4.78, 5) is 0. The number of phenolic OH excluding ortho intramolecular Hbond substituents is 2. The lowest BCUT2D eigenvalue weighted by molar-refractivity contribution is 0.158. The molecule has 4 nitrogen and oxygen atoms in total. The molecule has 2 aromatic rings. The molecule has 2 heterocycles. The van der Waals surface area contributed by atoms with Crippen LogP contribution in [-0.2, 0) is 12.8 Å². The molecule has 0 bridgehead atoms. The van der Waals surface area contributed by atoms with Crippen molar-refractivity contribution in [3.63, 3.8) is 0 Å². The van der Waals surface area contributed by atoms with E-state index in [1.165, 1.54) is 5.57 Å². The Hall–Kier alpha value is -2.88. The van der Waals surface area contributed by atoms with Crippen molar-refractivity contribution in [2.24, 2.45) is 0 Å². The van der Waals surface area contributed by atoms with Gasteiger partial charge in [0.05, 0.1) is 12.2 Å². The topological polar surface area (TPSA) is 58.9 Å². The fourth-order valence-corrected chi connectivity index (χ4v) is 4.01. The minimum Gasteiger partial charge on any atom is -0.508 e. The molecule has 0 aromatic heterocycles. The number of hydrogen-bond acceptors (Lipinski definition) is 4. The summed E-state index contributed by atoms with van der Waals surface area (Å²) in [5, 5.41) is 21.2. The van der Waals surface area contributed by atoms with E-state index in [1.54, 1.807) is 6.07 Å². The number of hydrogen-bond donors (Lipinski definition) is 2. The maximum absolute atomic E-state index is 10.9. The molecule has 152 valence electrons. The highest BCUT2D eigenvalue weighted by Gasteiger charge is 2.30. The summed E-state index contributed by atoms with van der Waals surface area (Å²) in [6, 6.07) is 7.53. The molecular weight excluding hydrogens is 364 g/mol. The van der Waals surface area contributed by atoms with Crippen LogP contribution in [0.2, 0.25) is 0 Å². The summed E-state index contributed by atoms with van der Waals surface area (Å²) >= 11 is 0. The summed E-state index contributed by atoms with van der Waals surface area (Å²) in [5.74, 6) is 2.04. The first-order valence-electron chi connectivity index (χ1n) is 10.1. The van der Waals surface area contributed by atoms with E-state index >= 15 is 0 Å². The lowest BCUT2D eigenvalue weighted by Gasteiger charge is -2.31. The smallest absolute Gasteiger partial charge is 0.131 e. The number of allylic oxidation sites excluding steroid dienone is 2. The first-order valence-corrected chi connectivity index (χ1v) is 10.1. The van der Waals surface area contributed by atoms with Gasteiger partial charge in [-0.15, -0.1) is 0 Å². The van der Waals surface area contributed by atoms with E-state index in [9.17, 15) is 10.2 Å². The van der Waals surface area contributed by atoms with Crippen molar-refractivity contribution in [2.45, 2.75) is 52.1 Å². The van der Waals surface area contributed by atoms with Crippen LogP contribution < -0.4 is 9.47 Å². The highest BCUT2D eigenvalue weighted by molar-refractivity contribution is 5.69. The Morgan fingerprint density at radius 1 is 1.17 bits per heavy atom. The SMILES string of the molecule is CC(C)=CCc1c(O)ccc2c1OCC(c1ccc3c(c1O)C=CC(C)(C)O3)C2. The fourth-order valence-electron chi connectivity index (χ4n) is 4.01. The van der Waals surface area contributed by atoms with Crippen LogP contribution in [0, 0.1) is 0 Å². The summed E-state index contributed by atoms with van der Waals surface area (Å²) in [6.45, 7) is 8.53. The third-order valence-electron chi connectivity index (χ3n) is 5.60. The van der Waals surface area contributed by atoms with Gasteiger partial charge in [-0.1, -0.05) is 23.8 Å². The van der Waals surface area contributed by atoms with Crippen molar-refractivity contribution >= 4 is 6.08 Å². The highest BCUT2D eigenvalue weighted by atomic mass is 16.5. The number of rotatable bonds is 3. The van der Waals surface area contributed by atoms with E-state index in [2.05, 4.69) is 6.08 Å². The molecular formula is C25H28O4. The molecule has 4 heteroatoms. The van der Waals surface area contributed by atoms with Crippen molar-refractivity contribution in [3.05, 3.63) is 64.2 Å². The summed E-state index contributed by atoms with van der Waals surface area (Å²) in [7, 11) is 0. The molecule has 2 aromatic carbocycles. The minimum atomic E-state index is -0.377. The van der Waals surface area contributed by atoms with Gasteiger partial charge in [0.15, 0.2) is 0 Å². The van der Waals surface area contributed by atoms with Crippen LogP contribution in [0.25, 0.3) is 6.08 Å². The van der Waals surface area contributed by atoms with E-state index in [0.29, 0.717) is 18.8 Å². The molecule has 0 amide bonds. The van der Waals surface area contributed by atoms with Crippen LogP contribution >= 0.6 is 0 Å². The molecule has 0 spiro atoms. The van der Waals surface area contributed by atoms with E-state index < -0.39 is 0 Å². The van der Waals surface area contributed by atoms with Gasteiger partial charge in [-0.3, -0.25) is 0 Å². The quantitative estimate of drug-likeness (QED) is 0.676. The molecule has 1 unspecified atom stereocenters. The van der Waals surface area contributed by atoms with E-state index in [0.717, 1.165) is 34.4 Å². The Bertz CT molecular complexity index is 1010. The van der Waals surface area contributed by atoms with E-state index in [4.69, 9.17) is 9.47 Å². The van der Waals surface area contributed by atoms with Crippen LogP contribution in [-0.4, -0.2) is 22.4 Å². The van der Waals surface area contributed by atoms with Gasteiger partial charge in [0.25, 0.3) is 0 Å². The Labute approximate surface area is 172 Å². The van der Waals surface area contributed by atoms with Crippen molar-refractivity contribution in [1.29, 1.82) is 0 Å². The van der Waals surface area contributed by atoms with Crippen molar-refractivity contribution < 1.29 is 19.7 Å².